The summed E-state index contributed by atoms with van der Waals surface area (Å²) in [6.45, 7) is 24.8. The van der Waals surface area contributed by atoms with Crippen LogP contribution in [0.1, 0.15) is 128 Å². The molecule has 0 amide bonds. The molecule has 0 radical (unpaired) electrons. The molecular formula is C56H98O18. The van der Waals surface area contributed by atoms with Crippen molar-refractivity contribution >= 4 is 6.47 Å². The third-order valence-corrected chi connectivity index (χ3v) is 20.7. The Morgan fingerprint density at radius 3 is 0.905 bits per heavy atom. The smallest absolute Gasteiger partial charge is 0.293 e. The van der Waals surface area contributed by atoms with E-state index < -0.39 is 134 Å². The van der Waals surface area contributed by atoms with Crippen molar-refractivity contribution in [1.29, 1.82) is 0 Å². The zero-order valence-electron chi connectivity index (χ0n) is 46.4. The second-order valence-corrected chi connectivity index (χ2v) is 25.5. The standard InChI is InChI=1S/C56H98O18/c1-22-15-35(44(61)51(67-13)29(22)8)70-52-30(9)23(2)16-36(45(52)62)71-53-31(10)24(3)17-37(46(53)63)72-54-32(11)25(4)18-38(47(54)64)73-55-33(12)26(5)19-39(48(55)65)74-56-41(58)27(6)14-28(7)50(56)69-40-20-34(68-21-57)42(59)49(66)43(40)60/h21-56,58-66H,14-20H2,1-13H3. The van der Waals surface area contributed by atoms with E-state index in [2.05, 4.69) is 55.4 Å². The molecule has 7 aliphatic rings. The van der Waals surface area contributed by atoms with Crippen molar-refractivity contribution in [3.8, 4) is 0 Å². The molecule has 7 fully saturated rings. The van der Waals surface area contributed by atoms with Gasteiger partial charge in [0.1, 0.15) is 61.0 Å². The van der Waals surface area contributed by atoms with Crippen LogP contribution in [-0.2, 0) is 42.7 Å². The molecule has 0 aromatic heterocycles. The van der Waals surface area contributed by atoms with Gasteiger partial charge in [-0.25, -0.2) is 0 Å². The predicted molar refractivity (Wildman–Crippen MR) is 270 cm³/mol. The number of hydrogen-bond donors (Lipinski definition) is 9. The third kappa shape index (κ3) is 12.3. The molecule has 7 rings (SSSR count). The lowest BCUT2D eigenvalue weighted by atomic mass is 9.73. The first kappa shape index (κ1) is 60.5. The van der Waals surface area contributed by atoms with Crippen LogP contribution in [0.3, 0.4) is 0 Å². The van der Waals surface area contributed by atoms with Gasteiger partial charge in [-0.05, 0) is 110 Å². The Balaban J connectivity index is 1.03. The maximum atomic E-state index is 12.3. The van der Waals surface area contributed by atoms with Crippen LogP contribution in [-0.4, -0.2) is 200 Å². The molecule has 7 saturated carbocycles. The fraction of sp³-hybridized carbons (Fsp3) is 0.982. The molecule has 0 saturated heterocycles. The van der Waals surface area contributed by atoms with Gasteiger partial charge >= 0.3 is 0 Å². The molecule has 7 aliphatic carbocycles. The van der Waals surface area contributed by atoms with Gasteiger partial charge in [0.05, 0.1) is 79.4 Å². The topological polar surface area (TPSA) is 273 Å². The van der Waals surface area contributed by atoms with Crippen molar-refractivity contribution in [2.24, 2.45) is 71.0 Å². The Bertz CT molecular complexity index is 1770. The maximum absolute atomic E-state index is 12.3. The largest absolute Gasteiger partial charge is 0.462 e. The van der Waals surface area contributed by atoms with E-state index in [-0.39, 0.29) is 90.0 Å². The highest BCUT2D eigenvalue weighted by molar-refractivity contribution is 5.37. The van der Waals surface area contributed by atoms with E-state index >= 15 is 0 Å². The van der Waals surface area contributed by atoms with Gasteiger partial charge in [0.15, 0.2) is 0 Å². The molecule has 9 N–H and O–H groups in total. The summed E-state index contributed by atoms with van der Waals surface area (Å²) in [6.07, 6.45) is -18.5. The molecule has 0 spiro atoms. The lowest BCUT2D eigenvalue weighted by Crippen LogP contribution is -2.62. The SMILES string of the molecule is COC1C(C)C(C)CC(OC2C(C)C(C)CC(OC3C(C)C(C)CC(OC4C(C)C(C)CC(OC5C(C)C(C)CC(OC6C(O)C(C)CC(C)C6OC6CC(OC=O)C(O)C(O)C6O)C5O)C4O)C3O)C2O)C1O. The monoisotopic (exact) mass is 1060 g/mol. The number of carbonyl (C=O) groups is 1. The van der Waals surface area contributed by atoms with Gasteiger partial charge in [0, 0.05) is 13.5 Å². The average molecular weight is 1060 g/mol. The Labute approximate surface area is 440 Å². The van der Waals surface area contributed by atoms with Crippen LogP contribution in [0.5, 0.6) is 0 Å². The molecule has 0 heterocycles. The molecule has 0 bridgehead atoms. The van der Waals surface area contributed by atoms with Crippen LogP contribution in [0.2, 0.25) is 0 Å². The minimum Gasteiger partial charge on any atom is -0.462 e. The lowest BCUT2D eigenvalue weighted by Gasteiger charge is -2.51. The first-order valence-electron chi connectivity index (χ1n) is 28.5. The van der Waals surface area contributed by atoms with Crippen molar-refractivity contribution in [1.82, 2.24) is 0 Å². The number of methoxy groups -OCH3 is 1. The number of hydrogen-bond acceptors (Lipinski definition) is 18. The van der Waals surface area contributed by atoms with Crippen LogP contribution >= 0.6 is 0 Å². The zero-order valence-corrected chi connectivity index (χ0v) is 46.4. The normalized spacial score (nSPS) is 55.6. The first-order valence-corrected chi connectivity index (χ1v) is 28.5. The Hall–Kier alpha value is -1.17. The van der Waals surface area contributed by atoms with Crippen LogP contribution < -0.4 is 0 Å². The van der Waals surface area contributed by atoms with E-state index in [0.717, 1.165) is 0 Å². The summed E-state index contributed by atoms with van der Waals surface area (Å²) in [6, 6.07) is 0. The number of carbonyl (C=O) groups excluding carboxylic acids is 1. The summed E-state index contributed by atoms with van der Waals surface area (Å²) >= 11 is 0. The van der Waals surface area contributed by atoms with Crippen molar-refractivity contribution in [3.05, 3.63) is 0 Å². The van der Waals surface area contributed by atoms with E-state index in [1.54, 1.807) is 7.11 Å². The van der Waals surface area contributed by atoms with Gasteiger partial charge in [-0.2, -0.15) is 0 Å². The predicted octanol–water partition coefficient (Wildman–Crippen LogP) is 2.77. The number of aliphatic hydroxyl groups is 9. The second kappa shape index (κ2) is 25.1. The molecule has 18 nitrogen and oxygen atoms in total. The van der Waals surface area contributed by atoms with Gasteiger partial charge in [-0.1, -0.05) is 83.1 Å². The number of ether oxygens (including phenoxy) is 8. The first-order chi connectivity index (χ1) is 34.8. The summed E-state index contributed by atoms with van der Waals surface area (Å²) in [5.74, 6) is -0.260. The Kier molecular flexibility index (Phi) is 20.5. The number of aliphatic hydroxyl groups excluding tert-OH is 9. The second-order valence-electron chi connectivity index (χ2n) is 25.5. The molecule has 430 valence electrons. The Morgan fingerprint density at radius 1 is 0.284 bits per heavy atom. The molecule has 0 aromatic carbocycles. The number of rotatable bonds is 15. The van der Waals surface area contributed by atoms with E-state index in [4.69, 9.17) is 37.9 Å². The zero-order chi connectivity index (χ0) is 54.5. The van der Waals surface area contributed by atoms with Crippen LogP contribution in [0.25, 0.3) is 0 Å². The van der Waals surface area contributed by atoms with E-state index in [0.29, 0.717) is 38.5 Å². The molecule has 35 unspecified atom stereocenters. The van der Waals surface area contributed by atoms with Crippen molar-refractivity contribution in [3.63, 3.8) is 0 Å². The summed E-state index contributed by atoms with van der Waals surface area (Å²) < 4.78 is 51.2. The summed E-state index contributed by atoms with van der Waals surface area (Å²) in [7, 11) is 1.61. The van der Waals surface area contributed by atoms with Crippen LogP contribution in [0, 0.1) is 71.0 Å². The van der Waals surface area contributed by atoms with Crippen molar-refractivity contribution in [2.45, 2.75) is 268 Å². The molecule has 74 heavy (non-hydrogen) atoms. The quantitative estimate of drug-likeness (QED) is 0.107. The summed E-state index contributed by atoms with van der Waals surface area (Å²) in [5, 5.41) is 104. The fourth-order valence-electron chi connectivity index (χ4n) is 14.5. The summed E-state index contributed by atoms with van der Waals surface area (Å²) in [5.41, 5.74) is 0. The van der Waals surface area contributed by atoms with Gasteiger partial charge in [-0.15, -0.1) is 0 Å². The summed E-state index contributed by atoms with van der Waals surface area (Å²) in [4.78, 5) is 11.2. The lowest BCUT2D eigenvalue weighted by molar-refractivity contribution is -0.275. The maximum Gasteiger partial charge on any atom is 0.293 e. The van der Waals surface area contributed by atoms with Crippen LogP contribution in [0.4, 0.5) is 0 Å². The highest BCUT2D eigenvalue weighted by atomic mass is 16.6. The highest BCUT2D eigenvalue weighted by Gasteiger charge is 2.55. The molecule has 18 heteroatoms. The molecular weight excluding hydrogens is 961 g/mol. The molecule has 35 atom stereocenters. The molecule has 0 aliphatic heterocycles. The average Bonchev–Trinajstić information content (AvgIpc) is 3.35. The van der Waals surface area contributed by atoms with Gasteiger partial charge in [0.25, 0.3) is 6.47 Å². The van der Waals surface area contributed by atoms with Crippen molar-refractivity contribution in [2.75, 3.05) is 7.11 Å². The van der Waals surface area contributed by atoms with Gasteiger partial charge < -0.3 is 83.9 Å². The van der Waals surface area contributed by atoms with Crippen LogP contribution in [0.15, 0.2) is 0 Å². The third-order valence-electron chi connectivity index (χ3n) is 20.7. The van der Waals surface area contributed by atoms with Crippen molar-refractivity contribution < 1.29 is 88.6 Å². The van der Waals surface area contributed by atoms with Gasteiger partial charge in [0.2, 0.25) is 0 Å². The van der Waals surface area contributed by atoms with E-state index in [1.165, 1.54) is 0 Å². The molecule has 0 aromatic rings. The van der Waals surface area contributed by atoms with E-state index in [9.17, 15) is 50.8 Å². The minimum absolute atomic E-state index is 0.0200. The van der Waals surface area contributed by atoms with Gasteiger partial charge in [-0.3, -0.25) is 4.79 Å². The van der Waals surface area contributed by atoms with E-state index in [1.807, 2.05) is 27.7 Å². The fourth-order valence-corrected chi connectivity index (χ4v) is 14.5. The highest BCUT2D eigenvalue weighted by Crippen LogP contribution is 2.46. The Morgan fingerprint density at radius 2 is 0.568 bits per heavy atom. The minimum atomic E-state index is -1.65.